The maximum Gasteiger partial charge on any atom is 0.246 e. The molecule has 1 saturated carbocycles. The first kappa shape index (κ1) is 13.4. The number of methoxy groups -OCH3 is 1. The second-order valence-electron chi connectivity index (χ2n) is 4.49. The molecule has 94 valence electrons. The van der Waals surface area contributed by atoms with Crippen molar-refractivity contribution in [3.63, 3.8) is 0 Å². The fourth-order valence-electron chi connectivity index (χ4n) is 1.70. The highest BCUT2D eigenvalue weighted by Gasteiger charge is 2.41. The number of nitrogens with one attached hydrogen (secondary N) is 1. The molecule has 5 nitrogen and oxygen atoms in total. The van der Waals surface area contributed by atoms with E-state index >= 15 is 0 Å². The molecule has 3 N–H and O–H groups in total. The highest BCUT2D eigenvalue weighted by molar-refractivity contribution is 5.78. The van der Waals surface area contributed by atoms with Gasteiger partial charge < -0.3 is 20.5 Å². The summed E-state index contributed by atoms with van der Waals surface area (Å²) in [6.07, 6.45) is 2.30. The van der Waals surface area contributed by atoms with E-state index in [-0.39, 0.29) is 18.1 Å². The van der Waals surface area contributed by atoms with Crippen LogP contribution in [0.3, 0.4) is 0 Å². The number of ether oxygens (including phenoxy) is 2. The lowest BCUT2D eigenvalue weighted by atomic mass is 9.96. The van der Waals surface area contributed by atoms with Crippen molar-refractivity contribution in [1.82, 2.24) is 5.32 Å². The van der Waals surface area contributed by atoms with Crippen LogP contribution in [0.25, 0.3) is 0 Å². The molecule has 0 spiro atoms. The quantitative estimate of drug-likeness (QED) is 0.571. The summed E-state index contributed by atoms with van der Waals surface area (Å²) in [6, 6.07) is 0. The van der Waals surface area contributed by atoms with Crippen molar-refractivity contribution < 1.29 is 14.3 Å². The van der Waals surface area contributed by atoms with E-state index in [1.165, 1.54) is 0 Å². The van der Waals surface area contributed by atoms with Gasteiger partial charge in [0, 0.05) is 13.7 Å². The van der Waals surface area contributed by atoms with Gasteiger partial charge >= 0.3 is 0 Å². The zero-order chi connectivity index (χ0) is 12.0. The van der Waals surface area contributed by atoms with Crippen molar-refractivity contribution in [3.8, 4) is 0 Å². The summed E-state index contributed by atoms with van der Waals surface area (Å²) >= 11 is 0. The van der Waals surface area contributed by atoms with Gasteiger partial charge in [0.25, 0.3) is 0 Å². The number of carbonyl (C=O) groups is 1. The number of rotatable bonds is 8. The van der Waals surface area contributed by atoms with E-state index in [1.54, 1.807) is 7.11 Å². The van der Waals surface area contributed by atoms with Crippen molar-refractivity contribution in [2.24, 2.45) is 11.7 Å². The maximum atomic E-state index is 11.6. The molecule has 16 heavy (non-hydrogen) atoms. The summed E-state index contributed by atoms with van der Waals surface area (Å²) in [7, 11) is 1.60. The van der Waals surface area contributed by atoms with Crippen molar-refractivity contribution >= 4 is 5.91 Å². The Morgan fingerprint density at radius 1 is 1.50 bits per heavy atom. The Morgan fingerprint density at radius 3 is 2.69 bits per heavy atom. The van der Waals surface area contributed by atoms with Crippen LogP contribution in [0, 0.1) is 5.92 Å². The van der Waals surface area contributed by atoms with Crippen molar-refractivity contribution in [3.05, 3.63) is 0 Å². The average molecular weight is 230 g/mol. The highest BCUT2D eigenvalue weighted by atomic mass is 16.5. The molecule has 1 rings (SSSR count). The molecular formula is C11H22N2O3. The Bertz CT molecular complexity index is 231. The lowest BCUT2D eigenvalue weighted by molar-refractivity contribution is -0.128. The van der Waals surface area contributed by atoms with Crippen LogP contribution in [0.2, 0.25) is 0 Å². The number of amides is 1. The molecule has 1 aliphatic carbocycles. The summed E-state index contributed by atoms with van der Waals surface area (Å²) < 4.78 is 9.97. The van der Waals surface area contributed by atoms with Crippen LogP contribution in [0.4, 0.5) is 0 Å². The van der Waals surface area contributed by atoms with Gasteiger partial charge in [-0.2, -0.15) is 0 Å². The minimum absolute atomic E-state index is 0.0751. The predicted molar refractivity (Wildman–Crippen MR) is 61.0 cm³/mol. The summed E-state index contributed by atoms with van der Waals surface area (Å²) in [5.74, 6) is 0.427. The van der Waals surface area contributed by atoms with Crippen LogP contribution in [0.5, 0.6) is 0 Å². The Hall–Kier alpha value is -0.650. The third-order valence-corrected chi connectivity index (χ3v) is 2.99. The first-order chi connectivity index (χ1) is 7.62. The van der Waals surface area contributed by atoms with E-state index in [4.69, 9.17) is 15.2 Å². The minimum atomic E-state index is -0.262. The molecule has 0 saturated heterocycles. The highest BCUT2D eigenvalue weighted by Crippen LogP contribution is 2.38. The van der Waals surface area contributed by atoms with Crippen LogP contribution in [-0.2, 0) is 14.3 Å². The van der Waals surface area contributed by atoms with E-state index in [2.05, 4.69) is 5.32 Å². The second-order valence-corrected chi connectivity index (χ2v) is 4.49. The van der Waals surface area contributed by atoms with Crippen molar-refractivity contribution in [2.75, 3.05) is 33.5 Å². The molecule has 0 heterocycles. The molecule has 1 fully saturated rings. The zero-order valence-corrected chi connectivity index (χ0v) is 10.1. The predicted octanol–water partition coefficient (Wildman–Crippen LogP) is -0.107. The lowest BCUT2D eigenvalue weighted by Crippen LogP contribution is -2.54. The smallest absolute Gasteiger partial charge is 0.246 e. The van der Waals surface area contributed by atoms with Crippen LogP contribution in [0.15, 0.2) is 0 Å². The van der Waals surface area contributed by atoms with Crippen LogP contribution < -0.4 is 11.1 Å². The molecule has 0 radical (unpaired) electrons. The van der Waals surface area contributed by atoms with Gasteiger partial charge in [-0.1, -0.05) is 0 Å². The van der Waals surface area contributed by atoms with Gasteiger partial charge in [0.2, 0.25) is 5.91 Å². The molecular weight excluding hydrogens is 208 g/mol. The Labute approximate surface area is 96.7 Å². The number of carbonyl (C=O) groups excluding carboxylic acids is 1. The first-order valence-corrected chi connectivity index (χ1v) is 5.70. The Kier molecular flexibility index (Phi) is 5.18. The van der Waals surface area contributed by atoms with Gasteiger partial charge in [0.05, 0.1) is 18.8 Å². The third-order valence-electron chi connectivity index (χ3n) is 2.99. The summed E-state index contributed by atoms with van der Waals surface area (Å²) in [6.45, 7) is 3.49. The summed E-state index contributed by atoms with van der Waals surface area (Å²) in [4.78, 5) is 11.6. The van der Waals surface area contributed by atoms with Crippen LogP contribution >= 0.6 is 0 Å². The van der Waals surface area contributed by atoms with E-state index in [0.717, 1.165) is 12.8 Å². The van der Waals surface area contributed by atoms with Gasteiger partial charge in [-0.05, 0) is 25.7 Å². The Balaban J connectivity index is 2.21. The van der Waals surface area contributed by atoms with E-state index in [1.807, 2.05) is 6.92 Å². The van der Waals surface area contributed by atoms with Gasteiger partial charge in [0.1, 0.15) is 6.61 Å². The molecule has 1 aliphatic rings. The van der Waals surface area contributed by atoms with E-state index in [0.29, 0.717) is 25.7 Å². The number of hydrogen-bond acceptors (Lipinski definition) is 4. The molecule has 0 bridgehead atoms. The summed E-state index contributed by atoms with van der Waals surface area (Å²) in [5, 5.41) is 2.95. The first-order valence-electron chi connectivity index (χ1n) is 5.70. The van der Waals surface area contributed by atoms with Gasteiger partial charge in [-0.3, -0.25) is 4.79 Å². The standard InChI is InChI=1S/C11H22N2O3/c1-11(8-12,9-3-4-9)13-10(14)7-16-6-5-15-2/h9H,3-8,12H2,1-2H3,(H,13,14). The van der Waals surface area contributed by atoms with Gasteiger partial charge in [-0.25, -0.2) is 0 Å². The fraction of sp³-hybridized carbons (Fsp3) is 0.909. The molecule has 1 atom stereocenters. The maximum absolute atomic E-state index is 11.6. The topological polar surface area (TPSA) is 73.6 Å². The van der Waals surface area contributed by atoms with Crippen molar-refractivity contribution in [2.45, 2.75) is 25.3 Å². The zero-order valence-electron chi connectivity index (χ0n) is 10.1. The average Bonchev–Trinajstić information content (AvgIpc) is 3.08. The fourth-order valence-corrected chi connectivity index (χ4v) is 1.70. The van der Waals surface area contributed by atoms with Gasteiger partial charge in [-0.15, -0.1) is 0 Å². The molecule has 1 amide bonds. The van der Waals surface area contributed by atoms with Crippen LogP contribution in [-0.4, -0.2) is 44.9 Å². The van der Waals surface area contributed by atoms with Crippen LogP contribution in [0.1, 0.15) is 19.8 Å². The molecule has 0 aliphatic heterocycles. The SMILES string of the molecule is COCCOCC(=O)NC(C)(CN)C1CC1. The van der Waals surface area contributed by atoms with E-state index in [9.17, 15) is 4.79 Å². The van der Waals surface area contributed by atoms with Crippen molar-refractivity contribution in [1.29, 1.82) is 0 Å². The normalized spacial score (nSPS) is 19.2. The molecule has 5 heteroatoms. The largest absolute Gasteiger partial charge is 0.382 e. The number of hydrogen-bond donors (Lipinski definition) is 2. The monoisotopic (exact) mass is 230 g/mol. The minimum Gasteiger partial charge on any atom is -0.382 e. The third kappa shape index (κ3) is 4.08. The summed E-state index contributed by atoms with van der Waals surface area (Å²) in [5.41, 5.74) is 5.43. The van der Waals surface area contributed by atoms with E-state index < -0.39 is 0 Å². The lowest BCUT2D eigenvalue weighted by Gasteiger charge is -2.29. The molecule has 1 unspecified atom stereocenters. The second kappa shape index (κ2) is 6.18. The number of nitrogens with two attached hydrogens (primary N) is 1. The Morgan fingerprint density at radius 2 is 2.19 bits per heavy atom. The molecule has 0 aromatic carbocycles. The van der Waals surface area contributed by atoms with Gasteiger partial charge in [0.15, 0.2) is 0 Å². The molecule has 0 aromatic rings. The molecule has 0 aromatic heterocycles.